The Kier molecular flexibility index (Phi) is 3.37. The first-order chi connectivity index (χ1) is 9.19. The van der Waals surface area contributed by atoms with Crippen molar-refractivity contribution in [3.8, 4) is 10.4 Å². The van der Waals surface area contributed by atoms with E-state index < -0.39 is 5.82 Å². The number of halogens is 2. The summed E-state index contributed by atoms with van der Waals surface area (Å²) < 4.78 is 27.0. The molecule has 1 saturated carbocycles. The molecule has 100 valence electrons. The largest absolute Gasteiger partial charge is 0.312 e. The first kappa shape index (κ1) is 12.8. The Morgan fingerprint density at radius 3 is 2.68 bits per heavy atom. The second-order valence-corrected chi connectivity index (χ2v) is 6.05. The maximum atomic E-state index is 13.7. The Bertz CT molecular complexity index is 590. The van der Waals surface area contributed by atoms with Gasteiger partial charge in [0.25, 0.3) is 0 Å². The van der Waals surface area contributed by atoms with Gasteiger partial charge in [-0.2, -0.15) is 0 Å². The third-order valence-corrected chi connectivity index (χ3v) is 4.73. The average molecular weight is 279 g/mol. The molecule has 2 aromatic rings. The minimum absolute atomic E-state index is 0.343. The Morgan fingerprint density at radius 1 is 1.21 bits per heavy atom. The summed E-state index contributed by atoms with van der Waals surface area (Å²) in [6.45, 7) is 0. The summed E-state index contributed by atoms with van der Waals surface area (Å²) in [7, 11) is 1.95. The van der Waals surface area contributed by atoms with Gasteiger partial charge in [0, 0.05) is 21.4 Å². The molecule has 1 aliphatic carbocycles. The van der Waals surface area contributed by atoms with Crippen LogP contribution in [-0.2, 0) is 0 Å². The van der Waals surface area contributed by atoms with Crippen LogP contribution in [-0.4, -0.2) is 7.05 Å². The second-order valence-electron chi connectivity index (χ2n) is 4.93. The molecule has 0 spiro atoms. The van der Waals surface area contributed by atoms with Crippen molar-refractivity contribution in [3.05, 3.63) is 46.8 Å². The first-order valence-corrected chi connectivity index (χ1v) is 7.23. The molecule has 1 N–H and O–H groups in total. The highest BCUT2D eigenvalue weighted by molar-refractivity contribution is 7.15. The molecule has 3 rings (SSSR count). The maximum Gasteiger partial charge on any atom is 0.132 e. The standard InChI is InChI=1S/C15H15F2NS/c1-18-15(9-2-3-9)14-7-6-13(19-14)11-8-10(16)4-5-12(11)17/h4-9,15,18H,2-3H2,1H3. The van der Waals surface area contributed by atoms with Crippen LogP contribution in [0.3, 0.4) is 0 Å². The predicted octanol–water partition coefficient (Wildman–Crippen LogP) is 4.36. The van der Waals surface area contributed by atoms with Crippen molar-refractivity contribution in [2.75, 3.05) is 7.05 Å². The molecule has 19 heavy (non-hydrogen) atoms. The monoisotopic (exact) mass is 279 g/mol. The average Bonchev–Trinajstić information content (AvgIpc) is 3.11. The van der Waals surface area contributed by atoms with Crippen LogP contribution in [0.5, 0.6) is 0 Å². The number of hydrogen-bond acceptors (Lipinski definition) is 2. The second kappa shape index (κ2) is 5.02. The highest BCUT2D eigenvalue weighted by Crippen LogP contribution is 2.44. The van der Waals surface area contributed by atoms with Crippen LogP contribution in [0, 0.1) is 17.6 Å². The van der Waals surface area contributed by atoms with E-state index >= 15 is 0 Å². The van der Waals surface area contributed by atoms with Crippen LogP contribution in [0.2, 0.25) is 0 Å². The van der Waals surface area contributed by atoms with E-state index in [-0.39, 0.29) is 5.82 Å². The summed E-state index contributed by atoms with van der Waals surface area (Å²) in [5, 5.41) is 3.31. The zero-order valence-corrected chi connectivity index (χ0v) is 11.4. The van der Waals surface area contributed by atoms with Gasteiger partial charge in [-0.25, -0.2) is 8.78 Å². The SMILES string of the molecule is CNC(c1ccc(-c2cc(F)ccc2F)s1)C1CC1. The summed E-state index contributed by atoms with van der Waals surface area (Å²) in [4.78, 5) is 1.98. The third kappa shape index (κ3) is 2.55. The fourth-order valence-electron chi connectivity index (χ4n) is 2.39. The molecule has 0 aliphatic heterocycles. The first-order valence-electron chi connectivity index (χ1n) is 6.41. The van der Waals surface area contributed by atoms with E-state index in [0.717, 1.165) is 10.9 Å². The normalized spacial score (nSPS) is 16.6. The van der Waals surface area contributed by atoms with E-state index in [1.165, 1.54) is 29.9 Å². The molecular formula is C15H15F2NS. The van der Waals surface area contributed by atoms with Gasteiger partial charge in [-0.05, 0) is 56.1 Å². The van der Waals surface area contributed by atoms with E-state index in [1.807, 2.05) is 19.2 Å². The van der Waals surface area contributed by atoms with Crippen molar-refractivity contribution in [3.63, 3.8) is 0 Å². The molecule has 0 bridgehead atoms. The van der Waals surface area contributed by atoms with Gasteiger partial charge in [-0.3, -0.25) is 0 Å². The van der Waals surface area contributed by atoms with Crippen LogP contribution in [0.4, 0.5) is 8.78 Å². The molecule has 1 unspecified atom stereocenters. The maximum absolute atomic E-state index is 13.7. The lowest BCUT2D eigenvalue weighted by Gasteiger charge is -2.12. The van der Waals surface area contributed by atoms with Gasteiger partial charge in [0.1, 0.15) is 11.6 Å². The lowest BCUT2D eigenvalue weighted by molar-refractivity contribution is 0.537. The van der Waals surface area contributed by atoms with Crippen LogP contribution in [0.1, 0.15) is 23.8 Å². The highest BCUT2D eigenvalue weighted by atomic mass is 32.1. The molecule has 1 fully saturated rings. The fraction of sp³-hybridized carbons (Fsp3) is 0.333. The smallest absolute Gasteiger partial charge is 0.132 e. The Balaban J connectivity index is 1.94. The highest BCUT2D eigenvalue weighted by Gasteiger charge is 2.32. The fourth-order valence-corrected chi connectivity index (χ4v) is 3.62. The van der Waals surface area contributed by atoms with Crippen molar-refractivity contribution >= 4 is 11.3 Å². The molecule has 0 radical (unpaired) electrons. The summed E-state index contributed by atoms with van der Waals surface area (Å²) in [5.74, 6) is -0.0882. The van der Waals surface area contributed by atoms with E-state index in [1.54, 1.807) is 11.3 Å². The van der Waals surface area contributed by atoms with Gasteiger partial charge in [0.05, 0.1) is 0 Å². The minimum Gasteiger partial charge on any atom is -0.312 e. The number of benzene rings is 1. The van der Waals surface area contributed by atoms with Crippen molar-refractivity contribution in [2.45, 2.75) is 18.9 Å². The van der Waals surface area contributed by atoms with Crippen molar-refractivity contribution in [1.82, 2.24) is 5.32 Å². The van der Waals surface area contributed by atoms with Gasteiger partial charge in [0.15, 0.2) is 0 Å². The van der Waals surface area contributed by atoms with Crippen LogP contribution in [0.15, 0.2) is 30.3 Å². The van der Waals surface area contributed by atoms with Crippen LogP contribution < -0.4 is 5.32 Å². The number of hydrogen-bond donors (Lipinski definition) is 1. The zero-order valence-electron chi connectivity index (χ0n) is 10.6. The van der Waals surface area contributed by atoms with E-state index in [9.17, 15) is 8.78 Å². The Labute approximate surface area is 115 Å². The molecular weight excluding hydrogens is 264 g/mol. The molecule has 1 aliphatic rings. The van der Waals surface area contributed by atoms with Gasteiger partial charge >= 0.3 is 0 Å². The van der Waals surface area contributed by atoms with Crippen molar-refractivity contribution in [1.29, 1.82) is 0 Å². The van der Waals surface area contributed by atoms with E-state index in [0.29, 0.717) is 17.5 Å². The third-order valence-electron chi connectivity index (χ3n) is 3.53. The zero-order chi connectivity index (χ0) is 13.4. The van der Waals surface area contributed by atoms with Gasteiger partial charge in [0.2, 0.25) is 0 Å². The molecule has 0 amide bonds. The summed E-state index contributed by atoms with van der Waals surface area (Å²) in [6.07, 6.45) is 2.49. The summed E-state index contributed by atoms with van der Waals surface area (Å²) in [5.41, 5.74) is 0.349. The molecule has 4 heteroatoms. The topological polar surface area (TPSA) is 12.0 Å². The van der Waals surface area contributed by atoms with Crippen LogP contribution >= 0.6 is 11.3 Å². The van der Waals surface area contributed by atoms with Crippen molar-refractivity contribution < 1.29 is 8.78 Å². The van der Waals surface area contributed by atoms with E-state index in [4.69, 9.17) is 0 Å². The van der Waals surface area contributed by atoms with E-state index in [2.05, 4.69) is 5.32 Å². The van der Waals surface area contributed by atoms with Crippen LogP contribution in [0.25, 0.3) is 10.4 Å². The molecule has 1 atom stereocenters. The minimum atomic E-state index is -0.404. The van der Waals surface area contributed by atoms with Gasteiger partial charge < -0.3 is 5.32 Å². The quantitative estimate of drug-likeness (QED) is 0.876. The molecule has 1 aromatic heterocycles. The van der Waals surface area contributed by atoms with Gasteiger partial charge in [-0.15, -0.1) is 11.3 Å². The predicted molar refractivity (Wildman–Crippen MR) is 74.2 cm³/mol. The summed E-state index contributed by atoms with van der Waals surface area (Å²) in [6, 6.07) is 7.83. The van der Waals surface area contributed by atoms with Crippen molar-refractivity contribution in [2.24, 2.45) is 5.92 Å². The molecule has 1 heterocycles. The lowest BCUT2D eigenvalue weighted by Crippen LogP contribution is -2.16. The number of nitrogens with one attached hydrogen (secondary N) is 1. The molecule has 1 aromatic carbocycles. The number of rotatable bonds is 4. The van der Waals surface area contributed by atoms with Gasteiger partial charge in [-0.1, -0.05) is 0 Å². The number of thiophene rings is 1. The Hall–Kier alpha value is -1.26. The molecule has 1 nitrogen and oxygen atoms in total. The summed E-state index contributed by atoms with van der Waals surface area (Å²) >= 11 is 1.54. The Morgan fingerprint density at radius 2 is 2.00 bits per heavy atom. The molecule has 0 saturated heterocycles. The lowest BCUT2D eigenvalue weighted by atomic mass is 10.1.